The number of thiophene rings is 1. The Bertz CT molecular complexity index is 654. The van der Waals surface area contributed by atoms with Gasteiger partial charge < -0.3 is 5.32 Å². The zero-order valence-electron chi connectivity index (χ0n) is 10.2. The van der Waals surface area contributed by atoms with Gasteiger partial charge in [-0.15, -0.1) is 0 Å². The van der Waals surface area contributed by atoms with Crippen LogP contribution < -0.4 is 10.0 Å². The van der Waals surface area contributed by atoms with E-state index in [9.17, 15) is 12.8 Å². The summed E-state index contributed by atoms with van der Waals surface area (Å²) in [5.74, 6) is -0.754. The van der Waals surface area contributed by atoms with Gasteiger partial charge in [-0.3, -0.25) is 4.72 Å². The van der Waals surface area contributed by atoms with E-state index in [-0.39, 0.29) is 4.90 Å². The van der Waals surface area contributed by atoms with Gasteiger partial charge in [0.2, 0.25) is 0 Å². The largest absolute Gasteiger partial charge is 0.316 e. The van der Waals surface area contributed by atoms with Crippen LogP contribution in [0, 0.1) is 5.82 Å². The van der Waals surface area contributed by atoms with Gasteiger partial charge in [-0.1, -0.05) is 6.07 Å². The van der Waals surface area contributed by atoms with Crippen LogP contribution in [0.3, 0.4) is 0 Å². The molecule has 19 heavy (non-hydrogen) atoms. The maximum Gasteiger partial charge on any atom is 0.264 e. The van der Waals surface area contributed by atoms with Crippen LogP contribution in [0.1, 0.15) is 5.56 Å². The molecule has 0 aliphatic rings. The van der Waals surface area contributed by atoms with Gasteiger partial charge in [0.1, 0.15) is 10.7 Å². The highest BCUT2D eigenvalue weighted by Gasteiger charge is 2.19. The summed E-state index contributed by atoms with van der Waals surface area (Å²) in [5.41, 5.74) is 1.12. The summed E-state index contributed by atoms with van der Waals surface area (Å²) in [4.78, 5) is -0.349. The minimum Gasteiger partial charge on any atom is -0.316 e. The number of benzene rings is 1. The van der Waals surface area contributed by atoms with Gasteiger partial charge in [-0.25, -0.2) is 12.8 Å². The quantitative estimate of drug-likeness (QED) is 0.891. The molecule has 0 atom stereocenters. The molecule has 1 aromatic heterocycles. The fourth-order valence-corrected chi connectivity index (χ4v) is 3.38. The van der Waals surface area contributed by atoms with Crippen molar-refractivity contribution >= 4 is 27.0 Å². The van der Waals surface area contributed by atoms with Crippen molar-refractivity contribution in [2.24, 2.45) is 0 Å². The summed E-state index contributed by atoms with van der Waals surface area (Å²) in [5, 5.41) is 6.26. The zero-order chi connectivity index (χ0) is 13.9. The lowest BCUT2D eigenvalue weighted by Crippen LogP contribution is -2.15. The van der Waals surface area contributed by atoms with Crippen LogP contribution in [0.15, 0.2) is 39.9 Å². The lowest BCUT2D eigenvalue weighted by molar-refractivity contribution is 0.568. The van der Waals surface area contributed by atoms with Crippen molar-refractivity contribution in [2.45, 2.75) is 11.4 Å². The molecule has 0 saturated heterocycles. The first-order valence-corrected chi connectivity index (χ1v) is 7.93. The predicted molar refractivity (Wildman–Crippen MR) is 74.3 cm³/mol. The summed E-state index contributed by atoms with van der Waals surface area (Å²) in [6.07, 6.45) is 0. The average Bonchev–Trinajstić information content (AvgIpc) is 2.81. The first kappa shape index (κ1) is 14.0. The minimum absolute atomic E-state index is 0.349. The molecule has 0 amide bonds. The molecule has 2 N–H and O–H groups in total. The summed E-state index contributed by atoms with van der Waals surface area (Å²) in [7, 11) is -2.15. The Labute approximate surface area is 115 Å². The topological polar surface area (TPSA) is 58.2 Å². The molecule has 2 aromatic rings. The van der Waals surface area contributed by atoms with Crippen molar-refractivity contribution < 1.29 is 12.8 Å². The highest BCUT2D eigenvalue weighted by molar-refractivity contribution is 7.92. The predicted octanol–water partition coefficient (Wildman–Crippen LogP) is 2.41. The van der Waals surface area contributed by atoms with Crippen molar-refractivity contribution in [3.63, 3.8) is 0 Å². The number of rotatable bonds is 5. The molecule has 0 unspecified atom stereocenters. The summed E-state index contributed by atoms with van der Waals surface area (Å²) in [6.45, 7) is 0.481. The van der Waals surface area contributed by atoms with Gasteiger partial charge in [0.05, 0.1) is 5.69 Å². The smallest absolute Gasteiger partial charge is 0.264 e. The van der Waals surface area contributed by atoms with Gasteiger partial charge in [-0.05, 0) is 36.2 Å². The summed E-state index contributed by atoms with van der Waals surface area (Å²) >= 11 is 1.36. The van der Waals surface area contributed by atoms with Gasteiger partial charge in [-0.2, -0.15) is 11.3 Å². The number of nitrogens with one attached hydrogen (secondary N) is 2. The van der Waals surface area contributed by atoms with Crippen LogP contribution >= 0.6 is 11.3 Å². The Morgan fingerprint density at radius 1 is 1.32 bits per heavy atom. The van der Waals surface area contributed by atoms with Crippen LogP contribution in [-0.4, -0.2) is 15.5 Å². The molecule has 1 heterocycles. The van der Waals surface area contributed by atoms with E-state index in [1.54, 1.807) is 29.9 Å². The standard InChI is InChI=1S/C12H13FN2O2S2/c1-14-7-9-2-3-12(11(13)6-9)19(16,17)15-10-4-5-18-8-10/h2-6,8,14-15H,7H2,1H3. The third-order valence-corrected chi connectivity index (χ3v) is 4.54. The molecule has 102 valence electrons. The van der Waals surface area contributed by atoms with Crippen molar-refractivity contribution in [3.05, 3.63) is 46.4 Å². The van der Waals surface area contributed by atoms with E-state index in [2.05, 4.69) is 10.0 Å². The maximum absolute atomic E-state index is 13.9. The second kappa shape index (κ2) is 5.68. The molecule has 0 spiro atoms. The molecule has 1 aromatic carbocycles. The van der Waals surface area contributed by atoms with Gasteiger partial charge in [0, 0.05) is 11.9 Å². The molecule has 2 rings (SSSR count). The van der Waals surface area contributed by atoms with Gasteiger partial charge in [0.15, 0.2) is 0 Å². The number of hydrogen-bond donors (Lipinski definition) is 2. The number of sulfonamides is 1. The Morgan fingerprint density at radius 3 is 2.68 bits per heavy atom. The van der Waals surface area contributed by atoms with Crippen LogP contribution in [0.25, 0.3) is 0 Å². The monoisotopic (exact) mass is 300 g/mol. The number of hydrogen-bond acceptors (Lipinski definition) is 4. The van der Waals surface area contributed by atoms with Crippen molar-refractivity contribution in [1.82, 2.24) is 5.32 Å². The Hall–Kier alpha value is -1.44. The van der Waals surface area contributed by atoms with Gasteiger partial charge in [0.25, 0.3) is 10.0 Å². The van der Waals surface area contributed by atoms with Crippen molar-refractivity contribution in [1.29, 1.82) is 0 Å². The van der Waals surface area contributed by atoms with Crippen LogP contribution in [0.2, 0.25) is 0 Å². The SMILES string of the molecule is CNCc1ccc(S(=O)(=O)Nc2ccsc2)c(F)c1. The Kier molecular flexibility index (Phi) is 4.18. The minimum atomic E-state index is -3.88. The van der Waals surface area contributed by atoms with E-state index < -0.39 is 15.8 Å². The van der Waals surface area contributed by atoms with Crippen LogP contribution in [0.5, 0.6) is 0 Å². The van der Waals surface area contributed by atoms with Gasteiger partial charge >= 0.3 is 0 Å². The first-order chi connectivity index (χ1) is 9.03. The highest BCUT2D eigenvalue weighted by atomic mass is 32.2. The fraction of sp³-hybridized carbons (Fsp3) is 0.167. The molecule has 0 aliphatic carbocycles. The number of halogens is 1. The molecule has 0 bridgehead atoms. The van der Waals surface area contributed by atoms with E-state index in [0.29, 0.717) is 17.8 Å². The lowest BCUT2D eigenvalue weighted by atomic mass is 10.2. The summed E-state index contributed by atoms with van der Waals surface area (Å²) in [6, 6.07) is 5.70. The van der Waals surface area contributed by atoms with Crippen LogP contribution in [0.4, 0.5) is 10.1 Å². The molecule has 4 nitrogen and oxygen atoms in total. The normalized spacial score (nSPS) is 11.5. The second-order valence-corrected chi connectivity index (χ2v) is 6.34. The third kappa shape index (κ3) is 3.31. The fourth-order valence-electron chi connectivity index (χ4n) is 1.61. The number of anilines is 1. The highest BCUT2D eigenvalue weighted by Crippen LogP contribution is 2.21. The molecule has 0 radical (unpaired) electrons. The maximum atomic E-state index is 13.9. The molecule has 0 aliphatic heterocycles. The Balaban J connectivity index is 2.30. The third-order valence-electron chi connectivity index (χ3n) is 2.44. The second-order valence-electron chi connectivity index (χ2n) is 3.91. The van der Waals surface area contributed by atoms with E-state index in [1.807, 2.05) is 0 Å². The molecular formula is C12H13FN2O2S2. The first-order valence-electron chi connectivity index (χ1n) is 5.51. The zero-order valence-corrected chi connectivity index (χ0v) is 11.8. The van der Waals surface area contributed by atoms with Crippen molar-refractivity contribution in [2.75, 3.05) is 11.8 Å². The molecular weight excluding hydrogens is 287 g/mol. The van der Waals surface area contributed by atoms with E-state index in [0.717, 1.165) is 0 Å². The van der Waals surface area contributed by atoms with E-state index in [1.165, 1.54) is 23.5 Å². The van der Waals surface area contributed by atoms with E-state index in [4.69, 9.17) is 0 Å². The molecule has 0 saturated carbocycles. The Morgan fingerprint density at radius 2 is 2.11 bits per heavy atom. The van der Waals surface area contributed by atoms with E-state index >= 15 is 0 Å². The molecule has 0 fully saturated rings. The lowest BCUT2D eigenvalue weighted by Gasteiger charge is -2.08. The van der Waals surface area contributed by atoms with Crippen molar-refractivity contribution in [3.8, 4) is 0 Å². The summed E-state index contributed by atoms with van der Waals surface area (Å²) < 4.78 is 40.2. The average molecular weight is 300 g/mol. The van der Waals surface area contributed by atoms with Crippen LogP contribution in [-0.2, 0) is 16.6 Å². The molecule has 7 heteroatoms.